The molecule has 98 valence electrons. The summed E-state index contributed by atoms with van der Waals surface area (Å²) < 4.78 is 0. The summed E-state index contributed by atoms with van der Waals surface area (Å²) in [6.07, 6.45) is 7.00. The molecule has 1 saturated carbocycles. The fourth-order valence-electron chi connectivity index (χ4n) is 3.66. The van der Waals surface area contributed by atoms with Gasteiger partial charge in [0.15, 0.2) is 0 Å². The lowest BCUT2D eigenvalue weighted by Gasteiger charge is -2.34. The van der Waals surface area contributed by atoms with Gasteiger partial charge in [-0.1, -0.05) is 32.3 Å². The molecular weight excluding hydrogens is 220 g/mol. The van der Waals surface area contributed by atoms with Crippen LogP contribution in [0.3, 0.4) is 0 Å². The van der Waals surface area contributed by atoms with Gasteiger partial charge in [-0.25, -0.2) is 0 Å². The lowest BCUT2D eigenvalue weighted by molar-refractivity contribution is 0.127. The van der Waals surface area contributed by atoms with Gasteiger partial charge < -0.3 is 5.73 Å². The smallest absolute Gasteiger partial charge is 0.0317 e. The second-order valence-electron chi connectivity index (χ2n) is 6.03. The van der Waals surface area contributed by atoms with Crippen molar-refractivity contribution in [1.29, 1.82) is 0 Å². The second-order valence-corrected chi connectivity index (χ2v) is 6.03. The normalized spacial score (nSPS) is 28.3. The largest absolute Gasteiger partial charge is 0.399 e. The zero-order chi connectivity index (χ0) is 12.5. The third kappa shape index (κ3) is 2.26. The van der Waals surface area contributed by atoms with Crippen LogP contribution in [0.15, 0.2) is 18.2 Å². The second kappa shape index (κ2) is 4.93. The Labute approximate surface area is 110 Å². The predicted octanol–water partition coefficient (Wildman–Crippen LogP) is 3.55. The lowest BCUT2D eigenvalue weighted by atomic mass is 9.83. The number of hydrogen-bond donors (Lipinski definition) is 1. The highest BCUT2D eigenvalue weighted by Crippen LogP contribution is 2.34. The molecule has 0 saturated heterocycles. The molecule has 18 heavy (non-hydrogen) atoms. The molecule has 0 amide bonds. The minimum Gasteiger partial charge on any atom is -0.399 e. The van der Waals surface area contributed by atoms with Gasteiger partial charge in [-0.05, 0) is 42.0 Å². The average molecular weight is 244 g/mol. The summed E-state index contributed by atoms with van der Waals surface area (Å²) in [5.74, 6) is 0.956. The third-order valence-corrected chi connectivity index (χ3v) is 4.83. The molecule has 3 rings (SSSR count). The fraction of sp³-hybridized carbons (Fsp3) is 0.625. The maximum Gasteiger partial charge on any atom is 0.0317 e. The van der Waals surface area contributed by atoms with Gasteiger partial charge >= 0.3 is 0 Å². The van der Waals surface area contributed by atoms with Crippen molar-refractivity contribution in [3.63, 3.8) is 0 Å². The Morgan fingerprint density at radius 3 is 2.89 bits per heavy atom. The zero-order valence-corrected chi connectivity index (χ0v) is 11.4. The molecule has 2 unspecified atom stereocenters. The molecule has 1 aromatic rings. The van der Waals surface area contributed by atoms with E-state index in [1.807, 2.05) is 6.07 Å². The van der Waals surface area contributed by atoms with Crippen molar-refractivity contribution in [2.45, 2.75) is 58.2 Å². The number of nitrogen functional groups attached to an aromatic ring is 1. The molecular formula is C16H24N2. The number of nitrogens with zero attached hydrogens (tertiary/aromatic N) is 1. The first-order valence-electron chi connectivity index (χ1n) is 7.37. The molecule has 2 atom stereocenters. The first kappa shape index (κ1) is 12.0. The molecule has 1 aliphatic carbocycles. The number of rotatable bonds is 2. The number of benzene rings is 1. The summed E-state index contributed by atoms with van der Waals surface area (Å²) in [6.45, 7) is 4.59. The number of anilines is 1. The van der Waals surface area contributed by atoms with Crippen LogP contribution in [-0.2, 0) is 13.1 Å². The number of fused-ring (bicyclic) bond motifs is 1. The summed E-state index contributed by atoms with van der Waals surface area (Å²) in [6, 6.07) is 7.22. The van der Waals surface area contributed by atoms with E-state index in [1.54, 1.807) is 0 Å². The highest BCUT2D eigenvalue weighted by Gasteiger charge is 2.29. The zero-order valence-electron chi connectivity index (χ0n) is 11.4. The Kier molecular flexibility index (Phi) is 3.29. The van der Waals surface area contributed by atoms with E-state index in [2.05, 4.69) is 24.0 Å². The summed E-state index contributed by atoms with van der Waals surface area (Å²) in [5.41, 5.74) is 9.73. The monoisotopic (exact) mass is 244 g/mol. The van der Waals surface area contributed by atoms with E-state index in [4.69, 9.17) is 5.73 Å². The Balaban J connectivity index is 1.69. The van der Waals surface area contributed by atoms with Crippen LogP contribution >= 0.6 is 0 Å². The molecule has 1 heterocycles. The quantitative estimate of drug-likeness (QED) is 0.806. The molecule has 2 nitrogen and oxygen atoms in total. The van der Waals surface area contributed by atoms with Crippen LogP contribution in [0, 0.1) is 5.92 Å². The average Bonchev–Trinajstić information content (AvgIpc) is 2.81. The van der Waals surface area contributed by atoms with Crippen molar-refractivity contribution < 1.29 is 0 Å². The van der Waals surface area contributed by atoms with E-state index < -0.39 is 0 Å². The molecule has 0 radical (unpaired) electrons. The molecule has 2 N–H and O–H groups in total. The molecule has 2 heteroatoms. The van der Waals surface area contributed by atoms with Gasteiger partial charge in [0.2, 0.25) is 0 Å². The van der Waals surface area contributed by atoms with Crippen LogP contribution in [0.25, 0.3) is 0 Å². The van der Waals surface area contributed by atoms with Crippen molar-refractivity contribution >= 4 is 5.69 Å². The number of nitrogens with two attached hydrogens (primary N) is 1. The molecule has 0 spiro atoms. The van der Waals surface area contributed by atoms with Gasteiger partial charge in [0.1, 0.15) is 0 Å². The van der Waals surface area contributed by atoms with Crippen LogP contribution in [0.5, 0.6) is 0 Å². The Hall–Kier alpha value is -1.02. The Morgan fingerprint density at radius 1 is 1.22 bits per heavy atom. The summed E-state index contributed by atoms with van der Waals surface area (Å²) in [4.78, 5) is 2.67. The highest BCUT2D eigenvalue weighted by molar-refractivity contribution is 5.46. The summed E-state index contributed by atoms with van der Waals surface area (Å²) >= 11 is 0. The van der Waals surface area contributed by atoms with Crippen molar-refractivity contribution in [3.05, 3.63) is 29.3 Å². The molecule has 1 aliphatic heterocycles. The van der Waals surface area contributed by atoms with Gasteiger partial charge in [-0.3, -0.25) is 4.90 Å². The maximum absolute atomic E-state index is 5.88. The predicted molar refractivity (Wildman–Crippen MR) is 76.1 cm³/mol. The molecule has 0 bridgehead atoms. The third-order valence-electron chi connectivity index (χ3n) is 4.83. The molecule has 1 aromatic carbocycles. The van der Waals surface area contributed by atoms with Crippen LogP contribution in [0.2, 0.25) is 0 Å². The topological polar surface area (TPSA) is 29.3 Å². The van der Waals surface area contributed by atoms with Crippen LogP contribution in [0.1, 0.15) is 50.2 Å². The highest BCUT2D eigenvalue weighted by atomic mass is 15.2. The minimum absolute atomic E-state index is 0.803. The van der Waals surface area contributed by atoms with E-state index in [1.165, 1.54) is 43.2 Å². The minimum atomic E-state index is 0.803. The van der Waals surface area contributed by atoms with E-state index >= 15 is 0 Å². The Morgan fingerprint density at radius 2 is 2.06 bits per heavy atom. The standard InChI is InChI=1S/C16H24N2/c1-2-12-4-3-5-16(8-12)18-10-13-6-7-15(17)9-14(13)11-18/h6-7,9,12,16H,2-5,8,10-11,17H2,1H3. The van der Waals surface area contributed by atoms with Gasteiger partial charge in [-0.2, -0.15) is 0 Å². The first-order chi connectivity index (χ1) is 8.76. The lowest BCUT2D eigenvalue weighted by Crippen LogP contribution is -2.35. The van der Waals surface area contributed by atoms with Crippen molar-refractivity contribution in [2.24, 2.45) is 5.92 Å². The van der Waals surface area contributed by atoms with E-state index in [-0.39, 0.29) is 0 Å². The van der Waals surface area contributed by atoms with Crippen LogP contribution in [-0.4, -0.2) is 10.9 Å². The van der Waals surface area contributed by atoms with Gasteiger partial charge in [0.25, 0.3) is 0 Å². The van der Waals surface area contributed by atoms with Crippen LogP contribution < -0.4 is 5.73 Å². The summed E-state index contributed by atoms with van der Waals surface area (Å²) in [5, 5.41) is 0. The maximum atomic E-state index is 5.88. The van der Waals surface area contributed by atoms with E-state index in [9.17, 15) is 0 Å². The summed E-state index contributed by atoms with van der Waals surface area (Å²) in [7, 11) is 0. The molecule has 0 aromatic heterocycles. The van der Waals surface area contributed by atoms with Gasteiger partial charge in [-0.15, -0.1) is 0 Å². The van der Waals surface area contributed by atoms with Crippen molar-refractivity contribution in [2.75, 3.05) is 5.73 Å². The van der Waals surface area contributed by atoms with Crippen LogP contribution in [0.4, 0.5) is 5.69 Å². The van der Waals surface area contributed by atoms with Gasteiger partial charge in [0.05, 0.1) is 0 Å². The molecule has 1 fully saturated rings. The van der Waals surface area contributed by atoms with E-state index in [0.717, 1.165) is 30.7 Å². The first-order valence-corrected chi connectivity index (χ1v) is 7.37. The fourth-order valence-corrected chi connectivity index (χ4v) is 3.66. The Bertz CT molecular complexity index is 427. The van der Waals surface area contributed by atoms with E-state index in [0.29, 0.717) is 0 Å². The van der Waals surface area contributed by atoms with Crippen molar-refractivity contribution in [1.82, 2.24) is 4.90 Å². The molecule has 2 aliphatic rings. The van der Waals surface area contributed by atoms with Gasteiger partial charge in [0, 0.05) is 24.8 Å². The SMILES string of the molecule is CCC1CCCC(N2Cc3ccc(N)cc3C2)C1. The van der Waals surface area contributed by atoms with Crippen molar-refractivity contribution in [3.8, 4) is 0 Å². The number of hydrogen-bond acceptors (Lipinski definition) is 2.